The van der Waals surface area contributed by atoms with Gasteiger partial charge >= 0.3 is 0 Å². The van der Waals surface area contributed by atoms with E-state index >= 15 is 0 Å². The summed E-state index contributed by atoms with van der Waals surface area (Å²) < 4.78 is 6.97. The van der Waals surface area contributed by atoms with Crippen molar-refractivity contribution in [1.82, 2.24) is 9.61 Å². The second-order valence-electron chi connectivity index (χ2n) is 5.65. The van der Waals surface area contributed by atoms with Gasteiger partial charge in [0.15, 0.2) is 5.82 Å². The molecule has 0 unspecified atom stereocenters. The average molecular weight is 309 g/mol. The average Bonchev–Trinajstić information content (AvgIpc) is 2.97. The number of benzene rings is 1. The number of nitrogens with one attached hydrogen (secondary N) is 1. The minimum Gasteiger partial charge on any atom is -0.497 e. The maximum atomic E-state index is 11.8. The predicted molar refractivity (Wildman–Crippen MR) is 90.6 cm³/mol. The summed E-state index contributed by atoms with van der Waals surface area (Å²) in [6.07, 6.45) is 1.87. The van der Waals surface area contributed by atoms with Crippen LogP contribution < -0.4 is 10.1 Å². The highest BCUT2D eigenvalue weighted by molar-refractivity contribution is 5.92. The number of aromatic nitrogens is 2. The summed E-state index contributed by atoms with van der Waals surface area (Å²) in [5, 5.41) is 7.25. The molecule has 0 saturated carbocycles. The second-order valence-corrected chi connectivity index (χ2v) is 5.65. The molecular weight excluding hydrogens is 290 g/mol. The molecule has 23 heavy (non-hydrogen) atoms. The topological polar surface area (TPSA) is 55.6 Å². The minimum absolute atomic E-state index is 0.0422. The molecule has 0 fully saturated rings. The van der Waals surface area contributed by atoms with Gasteiger partial charge in [0.25, 0.3) is 0 Å². The summed E-state index contributed by atoms with van der Waals surface area (Å²) in [4.78, 5) is 11.8. The van der Waals surface area contributed by atoms with Crippen molar-refractivity contribution in [3.63, 3.8) is 0 Å². The van der Waals surface area contributed by atoms with Gasteiger partial charge in [0.1, 0.15) is 5.75 Å². The van der Waals surface area contributed by atoms with Crippen LogP contribution in [0.1, 0.15) is 13.8 Å². The molecule has 1 N–H and O–H groups in total. The largest absolute Gasteiger partial charge is 0.497 e. The SMILES string of the molecule is COc1ccc(-c2cccn3nc(NC(=O)C(C)C)cc23)cc1. The second kappa shape index (κ2) is 6.12. The van der Waals surface area contributed by atoms with Crippen molar-refractivity contribution in [2.45, 2.75) is 13.8 Å². The number of ether oxygens (including phenoxy) is 1. The number of fused-ring (bicyclic) bond motifs is 1. The highest BCUT2D eigenvalue weighted by Gasteiger charge is 2.12. The Balaban J connectivity index is 2.00. The van der Waals surface area contributed by atoms with Gasteiger partial charge in [-0.3, -0.25) is 4.79 Å². The molecule has 0 aliphatic rings. The van der Waals surface area contributed by atoms with Crippen molar-refractivity contribution in [3.8, 4) is 16.9 Å². The van der Waals surface area contributed by atoms with Crippen LogP contribution in [-0.4, -0.2) is 22.6 Å². The van der Waals surface area contributed by atoms with E-state index in [1.165, 1.54) is 0 Å². The van der Waals surface area contributed by atoms with Crippen LogP contribution in [0.2, 0.25) is 0 Å². The maximum absolute atomic E-state index is 11.8. The lowest BCUT2D eigenvalue weighted by molar-refractivity contribution is -0.118. The number of methoxy groups -OCH3 is 1. The van der Waals surface area contributed by atoms with Gasteiger partial charge in [0.2, 0.25) is 5.91 Å². The van der Waals surface area contributed by atoms with Crippen molar-refractivity contribution >= 4 is 17.2 Å². The quantitative estimate of drug-likeness (QED) is 0.801. The summed E-state index contributed by atoms with van der Waals surface area (Å²) in [5.74, 6) is 1.25. The Hall–Kier alpha value is -2.82. The summed E-state index contributed by atoms with van der Waals surface area (Å²) in [6, 6.07) is 13.7. The van der Waals surface area contributed by atoms with Crippen LogP contribution in [0.4, 0.5) is 5.82 Å². The van der Waals surface area contributed by atoms with Crippen molar-refractivity contribution in [2.24, 2.45) is 5.92 Å². The standard InChI is InChI=1S/C18H19N3O2/c1-12(2)18(22)19-17-11-16-15(5-4-10-21(16)20-17)13-6-8-14(23-3)9-7-13/h4-12H,1-3H3,(H,19,20,22). The molecule has 0 spiro atoms. The molecule has 0 atom stereocenters. The van der Waals surface area contributed by atoms with Crippen LogP contribution in [0, 0.1) is 5.92 Å². The summed E-state index contributed by atoms with van der Waals surface area (Å²) in [7, 11) is 1.65. The molecule has 5 nitrogen and oxygen atoms in total. The number of nitrogens with zero attached hydrogens (tertiary/aromatic N) is 2. The first-order valence-electron chi connectivity index (χ1n) is 7.52. The molecule has 3 rings (SSSR count). The van der Waals surface area contributed by atoms with Crippen LogP contribution in [0.25, 0.3) is 16.6 Å². The Morgan fingerprint density at radius 1 is 1.22 bits per heavy atom. The third kappa shape index (κ3) is 3.04. The smallest absolute Gasteiger partial charge is 0.228 e. The van der Waals surface area contributed by atoms with Crippen LogP contribution >= 0.6 is 0 Å². The van der Waals surface area contributed by atoms with Gasteiger partial charge in [-0.15, -0.1) is 0 Å². The lowest BCUT2D eigenvalue weighted by atomic mass is 10.1. The summed E-state index contributed by atoms with van der Waals surface area (Å²) in [5.41, 5.74) is 3.06. The number of pyridine rings is 1. The zero-order chi connectivity index (χ0) is 16.4. The zero-order valence-corrected chi connectivity index (χ0v) is 13.4. The number of hydrogen-bond acceptors (Lipinski definition) is 3. The summed E-state index contributed by atoms with van der Waals surface area (Å²) in [6.45, 7) is 3.71. The van der Waals surface area contributed by atoms with Crippen LogP contribution in [0.15, 0.2) is 48.7 Å². The Morgan fingerprint density at radius 3 is 2.61 bits per heavy atom. The molecule has 1 amide bonds. The van der Waals surface area contributed by atoms with E-state index in [0.717, 1.165) is 22.4 Å². The molecular formula is C18H19N3O2. The van der Waals surface area contributed by atoms with Gasteiger partial charge in [-0.1, -0.05) is 32.0 Å². The maximum Gasteiger partial charge on any atom is 0.228 e. The number of rotatable bonds is 4. The van der Waals surface area contributed by atoms with E-state index in [1.54, 1.807) is 11.6 Å². The molecule has 118 valence electrons. The molecule has 0 aliphatic carbocycles. The van der Waals surface area contributed by atoms with Crippen molar-refractivity contribution in [2.75, 3.05) is 12.4 Å². The molecule has 0 aliphatic heterocycles. The fraction of sp³-hybridized carbons (Fsp3) is 0.222. The van der Waals surface area contributed by atoms with Gasteiger partial charge in [-0.25, -0.2) is 4.52 Å². The number of anilines is 1. The normalized spacial score (nSPS) is 11.0. The fourth-order valence-corrected chi connectivity index (χ4v) is 2.36. The highest BCUT2D eigenvalue weighted by Crippen LogP contribution is 2.27. The van der Waals surface area contributed by atoms with E-state index in [4.69, 9.17) is 4.74 Å². The van der Waals surface area contributed by atoms with Crippen LogP contribution in [-0.2, 0) is 4.79 Å². The van der Waals surface area contributed by atoms with Gasteiger partial charge in [-0.05, 0) is 23.8 Å². The minimum atomic E-state index is -0.0825. The third-order valence-corrected chi connectivity index (χ3v) is 3.68. The molecule has 0 saturated heterocycles. The lowest BCUT2D eigenvalue weighted by Gasteiger charge is -2.05. The molecule has 0 bridgehead atoms. The summed E-state index contributed by atoms with van der Waals surface area (Å²) >= 11 is 0. The Morgan fingerprint density at radius 2 is 1.96 bits per heavy atom. The van der Waals surface area contributed by atoms with Crippen LogP contribution in [0.5, 0.6) is 5.75 Å². The van der Waals surface area contributed by atoms with E-state index in [2.05, 4.69) is 10.4 Å². The van der Waals surface area contributed by atoms with Gasteiger partial charge in [-0.2, -0.15) is 5.10 Å². The molecule has 1 aromatic carbocycles. The van der Waals surface area contributed by atoms with Gasteiger partial charge in [0.05, 0.1) is 12.6 Å². The molecule has 2 heterocycles. The first-order chi connectivity index (χ1) is 11.1. The predicted octanol–water partition coefficient (Wildman–Crippen LogP) is 3.60. The van der Waals surface area contributed by atoms with Crippen molar-refractivity contribution in [1.29, 1.82) is 0 Å². The van der Waals surface area contributed by atoms with E-state index in [0.29, 0.717) is 5.82 Å². The monoisotopic (exact) mass is 309 g/mol. The first-order valence-corrected chi connectivity index (χ1v) is 7.52. The Kier molecular flexibility index (Phi) is 4.02. The lowest BCUT2D eigenvalue weighted by Crippen LogP contribution is -2.17. The number of amides is 1. The van der Waals surface area contributed by atoms with Crippen molar-refractivity contribution in [3.05, 3.63) is 48.7 Å². The molecule has 2 aromatic heterocycles. The number of carbonyl (C=O) groups is 1. The first kappa shape index (κ1) is 15.1. The fourth-order valence-electron chi connectivity index (χ4n) is 2.36. The number of hydrogen-bond donors (Lipinski definition) is 1. The van der Waals surface area contributed by atoms with E-state index in [-0.39, 0.29) is 11.8 Å². The van der Waals surface area contributed by atoms with Crippen molar-refractivity contribution < 1.29 is 9.53 Å². The van der Waals surface area contributed by atoms with E-state index < -0.39 is 0 Å². The van der Waals surface area contributed by atoms with Gasteiger partial charge in [0, 0.05) is 23.7 Å². The number of carbonyl (C=O) groups excluding carboxylic acids is 1. The van der Waals surface area contributed by atoms with E-state index in [1.807, 2.05) is 62.5 Å². The third-order valence-electron chi connectivity index (χ3n) is 3.68. The zero-order valence-electron chi connectivity index (χ0n) is 13.4. The molecule has 3 aromatic rings. The van der Waals surface area contributed by atoms with Crippen LogP contribution in [0.3, 0.4) is 0 Å². The van der Waals surface area contributed by atoms with Gasteiger partial charge < -0.3 is 10.1 Å². The Labute approximate surface area is 134 Å². The molecule has 0 radical (unpaired) electrons. The highest BCUT2D eigenvalue weighted by atomic mass is 16.5. The molecule has 5 heteroatoms. The Bertz CT molecular complexity index is 835. The van der Waals surface area contributed by atoms with E-state index in [9.17, 15) is 4.79 Å².